The van der Waals surface area contributed by atoms with E-state index in [0.29, 0.717) is 5.02 Å². The summed E-state index contributed by atoms with van der Waals surface area (Å²) in [5.41, 5.74) is 0. The molecule has 0 fully saturated rings. The third kappa shape index (κ3) is 2.63. The Morgan fingerprint density at radius 3 is 1.19 bits per heavy atom. The summed E-state index contributed by atoms with van der Waals surface area (Å²) in [6.45, 7) is -4.00. The summed E-state index contributed by atoms with van der Waals surface area (Å²) in [7, 11) is 0. The molecule has 0 radical (unpaired) electrons. The van der Waals surface area contributed by atoms with Crippen molar-refractivity contribution in [3.63, 3.8) is 0 Å². The van der Waals surface area contributed by atoms with Gasteiger partial charge in [-0.15, -0.1) is 0 Å². The summed E-state index contributed by atoms with van der Waals surface area (Å²) in [6, 6.07) is 37.3. The number of rotatable bonds is 4. The Bertz CT molecular complexity index is 950. The van der Waals surface area contributed by atoms with Crippen molar-refractivity contribution in [2.75, 3.05) is 0 Å². The van der Waals surface area contributed by atoms with Crippen LogP contribution in [0.3, 0.4) is 0 Å². The van der Waals surface area contributed by atoms with Gasteiger partial charge in [0.1, 0.15) is 0 Å². The van der Waals surface area contributed by atoms with Crippen molar-refractivity contribution in [3.05, 3.63) is 120 Å². The summed E-state index contributed by atoms with van der Waals surface area (Å²) in [4.78, 5) is 13.1. The van der Waals surface area contributed by atoms with E-state index in [1.807, 2.05) is 115 Å². The molecule has 0 aliphatic rings. The molecule has 4 aromatic rings. The summed E-state index contributed by atoms with van der Waals surface area (Å²) in [5.74, 6) is 0. The maximum atomic E-state index is 13.1. The molecule has 0 aliphatic carbocycles. The first-order valence-corrected chi connectivity index (χ1v) is 11.4. The van der Waals surface area contributed by atoms with E-state index >= 15 is 0 Å². The van der Waals surface area contributed by atoms with Crippen molar-refractivity contribution in [2.24, 2.45) is 0 Å². The minimum absolute atomic E-state index is 0.564. The monoisotopic (exact) mass is 390 g/mol. The van der Waals surface area contributed by atoms with Crippen LogP contribution < -0.4 is 21.2 Å². The van der Waals surface area contributed by atoms with E-state index in [1.165, 1.54) is 0 Å². The Morgan fingerprint density at radius 1 is 0.481 bits per heavy atom. The van der Waals surface area contributed by atoms with Crippen molar-refractivity contribution in [3.8, 4) is 0 Å². The topological polar surface area (TPSA) is 20.2 Å². The fourth-order valence-electron chi connectivity index (χ4n) is 3.82. The molecule has 0 unspecified atom stereocenters. The van der Waals surface area contributed by atoms with E-state index in [2.05, 4.69) is 0 Å². The van der Waals surface area contributed by atoms with Crippen LogP contribution in [0.2, 0.25) is 5.02 Å². The van der Waals surface area contributed by atoms with Crippen molar-refractivity contribution in [2.45, 2.75) is 0 Å². The first kappa shape index (κ1) is 17.9. The zero-order valence-electron chi connectivity index (χ0n) is 14.7. The van der Waals surface area contributed by atoms with E-state index in [-0.39, 0.29) is 0 Å². The van der Waals surface area contributed by atoms with Crippen molar-refractivity contribution >= 4 is 39.6 Å². The predicted molar refractivity (Wildman–Crippen MR) is 118 cm³/mol. The van der Waals surface area contributed by atoms with Crippen LogP contribution >= 0.6 is 18.4 Å². The van der Waals surface area contributed by atoms with Gasteiger partial charge in [-0.05, 0) is 0 Å². The van der Waals surface area contributed by atoms with E-state index in [4.69, 9.17) is 11.6 Å². The molecule has 0 bridgehead atoms. The Morgan fingerprint density at radius 2 is 0.815 bits per heavy atom. The van der Waals surface area contributed by atoms with Crippen LogP contribution in [0.5, 0.6) is 0 Å². The molecular formula is C24H20ClOP. The first-order chi connectivity index (χ1) is 13.2. The van der Waals surface area contributed by atoms with Gasteiger partial charge in [0.05, 0.1) is 0 Å². The molecule has 0 saturated carbocycles. The van der Waals surface area contributed by atoms with Crippen LogP contribution in [0, 0.1) is 0 Å². The molecule has 0 spiro atoms. The van der Waals surface area contributed by atoms with Crippen LogP contribution in [0.1, 0.15) is 0 Å². The molecule has 1 nitrogen and oxygen atoms in total. The first-order valence-electron chi connectivity index (χ1n) is 8.84. The van der Waals surface area contributed by atoms with Gasteiger partial charge in [-0.2, -0.15) is 0 Å². The molecule has 0 amide bonds. The van der Waals surface area contributed by atoms with Gasteiger partial charge in [0.15, 0.2) is 0 Å². The van der Waals surface area contributed by atoms with Gasteiger partial charge in [0.2, 0.25) is 0 Å². The number of hydrogen-bond acceptors (Lipinski definition) is 1. The number of hydrogen-bond donors (Lipinski definition) is 1. The molecule has 4 rings (SSSR count). The Labute approximate surface area is 164 Å². The molecule has 3 heteroatoms. The fraction of sp³-hybridized carbons (Fsp3) is 0. The fourth-order valence-corrected chi connectivity index (χ4v) is 9.31. The Kier molecular flexibility index (Phi) is 4.61. The van der Waals surface area contributed by atoms with Gasteiger partial charge in [0, 0.05) is 0 Å². The van der Waals surface area contributed by atoms with E-state index in [9.17, 15) is 4.89 Å². The minimum atomic E-state index is -4.00. The normalized spacial score (nSPS) is 12.9. The summed E-state index contributed by atoms with van der Waals surface area (Å²) < 4.78 is 0. The van der Waals surface area contributed by atoms with Crippen molar-refractivity contribution in [1.82, 2.24) is 0 Å². The Hall–Kier alpha value is -2.44. The van der Waals surface area contributed by atoms with Gasteiger partial charge >= 0.3 is 165 Å². The molecule has 27 heavy (non-hydrogen) atoms. The SMILES string of the molecule is OP(c1ccccc1)(c1ccccc1)(c1ccccc1)c1ccccc1Cl. The summed E-state index contributed by atoms with van der Waals surface area (Å²) in [6.07, 6.45) is 0. The standard InChI is InChI=1S/C24H20ClOP/c25-23-18-10-11-19-24(23)27(26,20-12-4-1-5-13-20,21-14-6-2-7-15-21)22-16-8-3-9-17-22/h1-19,26H. The van der Waals surface area contributed by atoms with Gasteiger partial charge in [-0.1, -0.05) is 0 Å². The molecular weight excluding hydrogens is 371 g/mol. The molecule has 1 N–H and O–H groups in total. The molecule has 0 aliphatic heterocycles. The second kappa shape index (κ2) is 6.94. The summed E-state index contributed by atoms with van der Waals surface area (Å²) >= 11 is 6.72. The maximum absolute atomic E-state index is 13.1. The average molecular weight is 391 g/mol. The van der Waals surface area contributed by atoms with Crippen LogP contribution in [0.4, 0.5) is 0 Å². The van der Waals surface area contributed by atoms with E-state index < -0.39 is 6.83 Å². The van der Waals surface area contributed by atoms with E-state index in [1.54, 1.807) is 0 Å². The van der Waals surface area contributed by atoms with Gasteiger partial charge < -0.3 is 0 Å². The molecule has 0 aromatic heterocycles. The van der Waals surface area contributed by atoms with Crippen molar-refractivity contribution < 1.29 is 4.89 Å². The van der Waals surface area contributed by atoms with Gasteiger partial charge in [0.25, 0.3) is 0 Å². The number of benzene rings is 4. The quantitative estimate of drug-likeness (QED) is 0.512. The Balaban J connectivity index is 2.26. The zero-order chi connectivity index (χ0) is 18.8. The van der Waals surface area contributed by atoms with Gasteiger partial charge in [-0.3, -0.25) is 0 Å². The summed E-state index contributed by atoms with van der Waals surface area (Å²) in [5, 5.41) is 3.93. The third-order valence-electron chi connectivity index (χ3n) is 5.10. The zero-order valence-corrected chi connectivity index (χ0v) is 16.4. The second-order valence-corrected chi connectivity index (χ2v) is 11.1. The molecule has 4 aromatic carbocycles. The average Bonchev–Trinajstić information content (AvgIpc) is 2.75. The van der Waals surface area contributed by atoms with Crippen LogP contribution in [0.25, 0.3) is 0 Å². The molecule has 0 atom stereocenters. The second-order valence-electron chi connectivity index (χ2n) is 6.53. The molecule has 134 valence electrons. The molecule has 0 saturated heterocycles. The number of halogens is 1. The predicted octanol–water partition coefficient (Wildman–Crippen LogP) is 4.40. The molecule has 0 heterocycles. The van der Waals surface area contributed by atoms with Gasteiger partial charge in [-0.25, -0.2) is 0 Å². The third-order valence-corrected chi connectivity index (χ3v) is 10.8. The van der Waals surface area contributed by atoms with Crippen molar-refractivity contribution in [1.29, 1.82) is 0 Å². The van der Waals surface area contributed by atoms with Crippen LogP contribution in [0.15, 0.2) is 115 Å². The van der Waals surface area contributed by atoms with Crippen LogP contribution in [-0.4, -0.2) is 4.89 Å². The van der Waals surface area contributed by atoms with E-state index in [0.717, 1.165) is 21.2 Å². The van der Waals surface area contributed by atoms with Crippen LogP contribution in [-0.2, 0) is 0 Å².